The summed E-state index contributed by atoms with van der Waals surface area (Å²) in [6.45, 7) is 2.36. The number of nitrogens with zero attached hydrogens (tertiary/aromatic N) is 1. The van der Waals surface area contributed by atoms with Gasteiger partial charge in [0, 0.05) is 19.1 Å². The third kappa shape index (κ3) is 3.83. The molecular weight excluding hydrogens is 246 g/mol. The van der Waals surface area contributed by atoms with E-state index in [1.165, 1.54) is 0 Å². The molecule has 0 radical (unpaired) electrons. The maximum atomic E-state index is 11.8. The van der Waals surface area contributed by atoms with Crippen LogP contribution in [0.25, 0.3) is 0 Å². The zero-order chi connectivity index (χ0) is 13.8. The van der Waals surface area contributed by atoms with Gasteiger partial charge in [0.1, 0.15) is 0 Å². The summed E-state index contributed by atoms with van der Waals surface area (Å²) in [6, 6.07) is 0.0418. The van der Waals surface area contributed by atoms with E-state index < -0.39 is 5.97 Å². The van der Waals surface area contributed by atoms with Gasteiger partial charge in [0.15, 0.2) is 0 Å². The first kappa shape index (κ1) is 14.1. The average Bonchev–Trinajstić information content (AvgIpc) is 2.95. The van der Waals surface area contributed by atoms with Crippen LogP contribution in [0.5, 0.6) is 0 Å². The molecule has 0 aromatic rings. The lowest BCUT2D eigenvalue weighted by Gasteiger charge is -2.18. The SMILES string of the molecule is CN1CCC(NC(=O)NCC2CCCC2C(=O)O)C1. The van der Waals surface area contributed by atoms with Crippen LogP contribution in [-0.4, -0.2) is 54.7 Å². The molecular formula is C13H23N3O3. The molecule has 3 unspecified atom stereocenters. The van der Waals surface area contributed by atoms with E-state index in [9.17, 15) is 9.59 Å². The van der Waals surface area contributed by atoms with E-state index in [1.807, 2.05) is 7.05 Å². The number of carboxylic acids is 1. The molecule has 6 nitrogen and oxygen atoms in total. The second kappa shape index (κ2) is 6.23. The van der Waals surface area contributed by atoms with E-state index in [1.54, 1.807) is 0 Å². The Bertz CT molecular complexity index is 348. The number of hydrogen-bond acceptors (Lipinski definition) is 3. The Morgan fingerprint density at radius 2 is 2.11 bits per heavy atom. The summed E-state index contributed by atoms with van der Waals surface area (Å²) >= 11 is 0. The predicted molar refractivity (Wildman–Crippen MR) is 70.9 cm³/mol. The monoisotopic (exact) mass is 269 g/mol. The Labute approximate surface area is 113 Å². The van der Waals surface area contributed by atoms with Crippen LogP contribution in [0.3, 0.4) is 0 Å². The second-order valence-electron chi connectivity index (χ2n) is 5.74. The van der Waals surface area contributed by atoms with Crippen LogP contribution in [0.2, 0.25) is 0 Å². The molecule has 1 saturated heterocycles. The molecule has 2 amide bonds. The molecule has 2 rings (SSSR count). The molecule has 108 valence electrons. The Kier molecular flexibility index (Phi) is 4.63. The van der Waals surface area contributed by atoms with Gasteiger partial charge in [-0.05, 0) is 38.8 Å². The van der Waals surface area contributed by atoms with E-state index in [4.69, 9.17) is 5.11 Å². The minimum atomic E-state index is -0.734. The van der Waals surface area contributed by atoms with E-state index in [0.717, 1.165) is 38.8 Å². The summed E-state index contributed by atoms with van der Waals surface area (Å²) in [6.07, 6.45) is 3.55. The third-order valence-electron chi connectivity index (χ3n) is 4.23. The van der Waals surface area contributed by atoms with Crippen LogP contribution >= 0.6 is 0 Å². The van der Waals surface area contributed by atoms with Crippen molar-refractivity contribution in [2.75, 3.05) is 26.7 Å². The Hall–Kier alpha value is -1.30. The van der Waals surface area contributed by atoms with Crippen molar-refractivity contribution < 1.29 is 14.7 Å². The minimum absolute atomic E-state index is 0.0782. The fourth-order valence-electron chi connectivity index (χ4n) is 3.12. The molecule has 3 N–H and O–H groups in total. The van der Waals surface area contributed by atoms with E-state index >= 15 is 0 Å². The maximum absolute atomic E-state index is 11.8. The number of nitrogens with one attached hydrogen (secondary N) is 2. The average molecular weight is 269 g/mol. The van der Waals surface area contributed by atoms with Gasteiger partial charge in [-0.15, -0.1) is 0 Å². The van der Waals surface area contributed by atoms with E-state index in [-0.39, 0.29) is 23.9 Å². The summed E-state index contributed by atoms with van der Waals surface area (Å²) in [5.74, 6) is -0.949. The Morgan fingerprint density at radius 3 is 2.74 bits per heavy atom. The summed E-state index contributed by atoms with van der Waals surface area (Å²) in [7, 11) is 2.04. The first-order valence-corrected chi connectivity index (χ1v) is 7.02. The van der Waals surface area contributed by atoms with Crippen LogP contribution < -0.4 is 10.6 Å². The number of carbonyl (C=O) groups excluding carboxylic acids is 1. The highest BCUT2D eigenvalue weighted by atomic mass is 16.4. The summed E-state index contributed by atoms with van der Waals surface area (Å²) < 4.78 is 0. The molecule has 0 spiro atoms. The quantitative estimate of drug-likeness (QED) is 0.694. The third-order valence-corrected chi connectivity index (χ3v) is 4.23. The van der Waals surface area contributed by atoms with Crippen molar-refractivity contribution in [3.63, 3.8) is 0 Å². The number of rotatable bonds is 4. The molecule has 19 heavy (non-hydrogen) atoms. The zero-order valence-electron chi connectivity index (χ0n) is 11.4. The lowest BCUT2D eigenvalue weighted by molar-refractivity contribution is -0.142. The van der Waals surface area contributed by atoms with Crippen LogP contribution in [0.15, 0.2) is 0 Å². The first-order valence-electron chi connectivity index (χ1n) is 7.02. The standard InChI is InChI=1S/C13H23N3O3/c1-16-6-5-10(8-16)15-13(19)14-7-9-3-2-4-11(9)12(17)18/h9-11H,2-8H2,1H3,(H,17,18)(H2,14,15,19). The Balaban J connectivity index is 1.70. The van der Waals surface area contributed by atoms with Crippen molar-refractivity contribution in [3.05, 3.63) is 0 Å². The topological polar surface area (TPSA) is 81.7 Å². The van der Waals surface area contributed by atoms with Crippen molar-refractivity contribution in [2.45, 2.75) is 31.7 Å². The van der Waals surface area contributed by atoms with Gasteiger partial charge in [-0.1, -0.05) is 6.42 Å². The second-order valence-corrected chi connectivity index (χ2v) is 5.74. The summed E-state index contributed by atoms with van der Waals surface area (Å²) in [5.41, 5.74) is 0. The highest BCUT2D eigenvalue weighted by Gasteiger charge is 2.33. The molecule has 2 fully saturated rings. The molecule has 2 aliphatic rings. The Morgan fingerprint density at radius 1 is 1.32 bits per heavy atom. The minimum Gasteiger partial charge on any atom is -0.481 e. The van der Waals surface area contributed by atoms with E-state index in [0.29, 0.717) is 6.54 Å². The molecule has 6 heteroatoms. The normalized spacial score (nSPS) is 31.3. The van der Waals surface area contributed by atoms with Gasteiger partial charge >= 0.3 is 12.0 Å². The van der Waals surface area contributed by atoms with Gasteiger partial charge in [0.2, 0.25) is 0 Å². The van der Waals surface area contributed by atoms with Crippen molar-refractivity contribution >= 4 is 12.0 Å². The number of likely N-dealkylation sites (tertiary alicyclic amines) is 1. The maximum Gasteiger partial charge on any atom is 0.315 e. The number of carbonyl (C=O) groups is 2. The molecule has 3 atom stereocenters. The fraction of sp³-hybridized carbons (Fsp3) is 0.846. The van der Waals surface area contributed by atoms with Crippen LogP contribution in [0.1, 0.15) is 25.7 Å². The lowest BCUT2D eigenvalue weighted by Crippen LogP contribution is -2.45. The van der Waals surface area contributed by atoms with Gasteiger partial charge < -0.3 is 20.6 Å². The highest BCUT2D eigenvalue weighted by molar-refractivity contribution is 5.74. The number of likely N-dealkylation sites (N-methyl/N-ethyl adjacent to an activating group) is 1. The number of aliphatic carboxylic acids is 1. The number of carboxylic acid groups (broad SMARTS) is 1. The zero-order valence-corrected chi connectivity index (χ0v) is 11.4. The molecule has 1 saturated carbocycles. The molecule has 1 aliphatic heterocycles. The number of amides is 2. The van der Waals surface area contributed by atoms with Crippen molar-refractivity contribution in [2.24, 2.45) is 11.8 Å². The molecule has 1 heterocycles. The lowest BCUT2D eigenvalue weighted by atomic mass is 9.96. The molecule has 1 aliphatic carbocycles. The van der Waals surface area contributed by atoms with Crippen LogP contribution in [0, 0.1) is 11.8 Å². The van der Waals surface area contributed by atoms with Crippen LogP contribution in [-0.2, 0) is 4.79 Å². The van der Waals surface area contributed by atoms with Gasteiger partial charge in [-0.25, -0.2) is 4.79 Å². The van der Waals surface area contributed by atoms with Gasteiger partial charge in [0.05, 0.1) is 5.92 Å². The molecule has 0 bridgehead atoms. The van der Waals surface area contributed by atoms with Crippen molar-refractivity contribution in [1.82, 2.24) is 15.5 Å². The smallest absolute Gasteiger partial charge is 0.315 e. The van der Waals surface area contributed by atoms with Crippen molar-refractivity contribution in [1.29, 1.82) is 0 Å². The van der Waals surface area contributed by atoms with Gasteiger partial charge in [-0.3, -0.25) is 4.79 Å². The first-order chi connectivity index (χ1) is 9.06. The number of urea groups is 1. The molecule has 0 aromatic carbocycles. The highest BCUT2D eigenvalue weighted by Crippen LogP contribution is 2.31. The predicted octanol–water partition coefficient (Wildman–Crippen LogP) is 0.491. The fourth-order valence-corrected chi connectivity index (χ4v) is 3.12. The van der Waals surface area contributed by atoms with E-state index in [2.05, 4.69) is 15.5 Å². The summed E-state index contributed by atoms with van der Waals surface area (Å²) in [5, 5.41) is 14.8. The molecule has 0 aromatic heterocycles. The largest absolute Gasteiger partial charge is 0.481 e. The van der Waals surface area contributed by atoms with Gasteiger partial charge in [0.25, 0.3) is 0 Å². The number of hydrogen-bond donors (Lipinski definition) is 3. The summed E-state index contributed by atoms with van der Waals surface area (Å²) in [4.78, 5) is 25.0. The van der Waals surface area contributed by atoms with Crippen LogP contribution in [0.4, 0.5) is 4.79 Å². The van der Waals surface area contributed by atoms with Gasteiger partial charge in [-0.2, -0.15) is 0 Å². The van der Waals surface area contributed by atoms with Crippen molar-refractivity contribution in [3.8, 4) is 0 Å².